The number of aromatic nitrogens is 2. The predicted octanol–water partition coefficient (Wildman–Crippen LogP) is 3.48. The van der Waals surface area contributed by atoms with Crippen molar-refractivity contribution in [2.24, 2.45) is 0 Å². The Morgan fingerprint density at radius 3 is 2.75 bits per heavy atom. The fourth-order valence-electron chi connectivity index (χ4n) is 1.81. The number of methoxy groups -OCH3 is 2. The summed E-state index contributed by atoms with van der Waals surface area (Å²) in [5, 5.41) is 5.96. The monoisotopic (exact) mass is 288 g/mol. The second-order valence-corrected chi connectivity index (χ2v) is 4.91. The van der Waals surface area contributed by atoms with Crippen molar-refractivity contribution in [3.05, 3.63) is 35.7 Å². The minimum atomic E-state index is 0.424. The minimum Gasteiger partial charge on any atom is -0.497 e. The summed E-state index contributed by atoms with van der Waals surface area (Å²) >= 11 is 1.56. The van der Waals surface area contributed by atoms with Crippen molar-refractivity contribution in [3.63, 3.8) is 0 Å². The maximum atomic E-state index is 5.34. The van der Waals surface area contributed by atoms with Crippen LogP contribution in [0.5, 0.6) is 11.5 Å². The number of hydrogen-bond acceptors (Lipinski definition) is 6. The Morgan fingerprint density at radius 1 is 1.15 bits per heavy atom. The largest absolute Gasteiger partial charge is 0.497 e. The molecular weight excluding hydrogens is 276 g/mol. The number of rotatable bonds is 4. The molecule has 0 spiro atoms. The first-order chi connectivity index (χ1) is 9.81. The van der Waals surface area contributed by atoms with Crippen LogP contribution in [-0.4, -0.2) is 24.4 Å². The molecule has 20 heavy (non-hydrogen) atoms. The van der Waals surface area contributed by atoms with Gasteiger partial charge in [0.05, 0.1) is 24.7 Å². The highest BCUT2D eigenvalue weighted by molar-refractivity contribution is 7.13. The van der Waals surface area contributed by atoms with Gasteiger partial charge in [0, 0.05) is 6.07 Å². The SMILES string of the molecule is COc1ccc(-c2nc(-c3cccs3)no2)c(OC)c1. The molecule has 0 saturated heterocycles. The van der Waals surface area contributed by atoms with Crippen LogP contribution in [0.25, 0.3) is 22.2 Å². The molecule has 0 aliphatic heterocycles. The van der Waals surface area contributed by atoms with Crippen LogP contribution in [0.1, 0.15) is 0 Å². The molecule has 2 heterocycles. The summed E-state index contributed by atoms with van der Waals surface area (Å²) in [6.45, 7) is 0. The summed E-state index contributed by atoms with van der Waals surface area (Å²) in [6, 6.07) is 9.34. The molecule has 0 saturated carbocycles. The van der Waals surface area contributed by atoms with Gasteiger partial charge in [-0.25, -0.2) is 0 Å². The third-order valence-electron chi connectivity index (χ3n) is 2.81. The Hall–Kier alpha value is -2.34. The van der Waals surface area contributed by atoms with Crippen LogP contribution >= 0.6 is 11.3 Å². The highest BCUT2D eigenvalue weighted by Gasteiger charge is 2.15. The maximum Gasteiger partial charge on any atom is 0.262 e. The van der Waals surface area contributed by atoms with Gasteiger partial charge in [-0.1, -0.05) is 11.2 Å². The fraction of sp³-hybridized carbons (Fsp3) is 0.143. The molecule has 0 aliphatic rings. The lowest BCUT2D eigenvalue weighted by Crippen LogP contribution is -1.90. The highest BCUT2D eigenvalue weighted by atomic mass is 32.1. The lowest BCUT2D eigenvalue weighted by atomic mass is 10.2. The van der Waals surface area contributed by atoms with Crippen molar-refractivity contribution in [3.8, 4) is 33.7 Å². The van der Waals surface area contributed by atoms with Gasteiger partial charge in [0.15, 0.2) is 0 Å². The molecule has 102 valence electrons. The second-order valence-electron chi connectivity index (χ2n) is 3.97. The van der Waals surface area contributed by atoms with Crippen LogP contribution < -0.4 is 9.47 Å². The molecule has 3 rings (SSSR count). The molecular formula is C14H12N2O3S. The molecule has 0 atom stereocenters. The Morgan fingerprint density at radius 2 is 2.05 bits per heavy atom. The summed E-state index contributed by atoms with van der Waals surface area (Å²) in [5.41, 5.74) is 0.739. The van der Waals surface area contributed by atoms with Crippen LogP contribution in [0, 0.1) is 0 Å². The van der Waals surface area contributed by atoms with Crippen molar-refractivity contribution in [1.82, 2.24) is 10.1 Å². The van der Waals surface area contributed by atoms with Crippen molar-refractivity contribution in [2.45, 2.75) is 0 Å². The number of thiophene rings is 1. The first kappa shape index (κ1) is 12.7. The average Bonchev–Trinajstić information content (AvgIpc) is 3.17. The van der Waals surface area contributed by atoms with E-state index < -0.39 is 0 Å². The van der Waals surface area contributed by atoms with Gasteiger partial charge in [0.1, 0.15) is 11.5 Å². The van der Waals surface area contributed by atoms with Gasteiger partial charge >= 0.3 is 0 Å². The smallest absolute Gasteiger partial charge is 0.262 e. The van der Waals surface area contributed by atoms with Gasteiger partial charge in [-0.05, 0) is 23.6 Å². The molecule has 2 aromatic heterocycles. The van der Waals surface area contributed by atoms with Gasteiger partial charge in [-0.15, -0.1) is 11.3 Å². The maximum absolute atomic E-state index is 5.34. The Balaban J connectivity index is 2.01. The average molecular weight is 288 g/mol. The summed E-state index contributed by atoms with van der Waals surface area (Å²) in [5.74, 6) is 2.34. The summed E-state index contributed by atoms with van der Waals surface area (Å²) in [7, 11) is 3.20. The number of nitrogens with zero attached hydrogens (tertiary/aromatic N) is 2. The van der Waals surface area contributed by atoms with E-state index in [1.807, 2.05) is 29.6 Å². The van der Waals surface area contributed by atoms with Gasteiger partial charge in [0.25, 0.3) is 5.89 Å². The van der Waals surface area contributed by atoms with Crippen molar-refractivity contribution < 1.29 is 14.0 Å². The Kier molecular flexibility index (Phi) is 3.39. The molecule has 3 aromatic rings. The van der Waals surface area contributed by atoms with E-state index in [9.17, 15) is 0 Å². The van der Waals surface area contributed by atoms with E-state index in [1.54, 1.807) is 31.6 Å². The fourth-order valence-corrected chi connectivity index (χ4v) is 2.46. The zero-order chi connectivity index (χ0) is 13.9. The van der Waals surface area contributed by atoms with E-state index in [4.69, 9.17) is 14.0 Å². The Bertz CT molecular complexity index is 707. The van der Waals surface area contributed by atoms with E-state index in [0.29, 0.717) is 23.2 Å². The van der Waals surface area contributed by atoms with E-state index in [0.717, 1.165) is 10.4 Å². The van der Waals surface area contributed by atoms with Crippen LogP contribution in [0.3, 0.4) is 0 Å². The number of benzene rings is 1. The Labute approximate surface area is 119 Å². The molecule has 1 aromatic carbocycles. The van der Waals surface area contributed by atoms with E-state index in [-0.39, 0.29) is 0 Å². The van der Waals surface area contributed by atoms with Gasteiger partial charge in [-0.3, -0.25) is 0 Å². The standard InChI is InChI=1S/C14H12N2O3S/c1-17-9-5-6-10(11(8-9)18-2)14-15-13(16-19-14)12-4-3-7-20-12/h3-8H,1-2H3. The molecule has 0 bridgehead atoms. The third kappa shape index (κ3) is 2.25. The molecule has 5 nitrogen and oxygen atoms in total. The van der Waals surface area contributed by atoms with Crippen LogP contribution in [0.2, 0.25) is 0 Å². The van der Waals surface area contributed by atoms with Gasteiger partial charge in [0.2, 0.25) is 5.82 Å². The molecule has 0 radical (unpaired) electrons. The van der Waals surface area contributed by atoms with E-state index in [2.05, 4.69) is 10.1 Å². The number of hydrogen-bond donors (Lipinski definition) is 0. The highest BCUT2D eigenvalue weighted by Crippen LogP contribution is 2.33. The molecule has 0 unspecified atom stereocenters. The summed E-state index contributed by atoms with van der Waals surface area (Å²) in [6.07, 6.45) is 0. The van der Waals surface area contributed by atoms with Crippen molar-refractivity contribution in [2.75, 3.05) is 14.2 Å². The van der Waals surface area contributed by atoms with Crippen LogP contribution in [-0.2, 0) is 0 Å². The summed E-state index contributed by atoms with van der Waals surface area (Å²) in [4.78, 5) is 5.36. The lowest BCUT2D eigenvalue weighted by molar-refractivity contribution is 0.391. The van der Waals surface area contributed by atoms with Crippen LogP contribution in [0.15, 0.2) is 40.2 Å². The summed E-state index contributed by atoms with van der Waals surface area (Å²) < 4.78 is 15.8. The molecule has 0 N–H and O–H groups in total. The van der Waals surface area contributed by atoms with Crippen molar-refractivity contribution in [1.29, 1.82) is 0 Å². The topological polar surface area (TPSA) is 57.4 Å². The third-order valence-corrected chi connectivity index (χ3v) is 3.67. The molecule has 0 amide bonds. The molecule has 6 heteroatoms. The molecule has 0 aliphatic carbocycles. The molecule has 0 fully saturated rings. The predicted molar refractivity (Wildman–Crippen MR) is 76.2 cm³/mol. The normalized spacial score (nSPS) is 10.5. The van der Waals surface area contributed by atoms with Crippen molar-refractivity contribution >= 4 is 11.3 Å². The quantitative estimate of drug-likeness (QED) is 0.735. The zero-order valence-corrected chi connectivity index (χ0v) is 11.8. The first-order valence-electron chi connectivity index (χ1n) is 5.92. The van der Waals surface area contributed by atoms with Crippen LogP contribution in [0.4, 0.5) is 0 Å². The lowest BCUT2D eigenvalue weighted by Gasteiger charge is -2.06. The minimum absolute atomic E-state index is 0.424. The number of ether oxygens (including phenoxy) is 2. The zero-order valence-electron chi connectivity index (χ0n) is 11.0. The van der Waals surface area contributed by atoms with Gasteiger partial charge < -0.3 is 14.0 Å². The van der Waals surface area contributed by atoms with Gasteiger partial charge in [-0.2, -0.15) is 4.98 Å². The van der Waals surface area contributed by atoms with E-state index >= 15 is 0 Å². The van der Waals surface area contributed by atoms with E-state index in [1.165, 1.54) is 0 Å². The second kappa shape index (κ2) is 5.34. The first-order valence-corrected chi connectivity index (χ1v) is 6.80.